The van der Waals surface area contributed by atoms with Crippen LogP contribution in [0.25, 0.3) is 0 Å². The van der Waals surface area contributed by atoms with Crippen LogP contribution in [-0.4, -0.2) is 32.2 Å². The first-order chi connectivity index (χ1) is 6.50. The van der Waals surface area contributed by atoms with Crippen LogP contribution in [-0.2, 0) is 0 Å². The highest BCUT2D eigenvalue weighted by Crippen LogP contribution is 2.19. The molecule has 0 fully saturated rings. The van der Waals surface area contributed by atoms with Crippen molar-refractivity contribution in [2.24, 2.45) is 11.5 Å². The number of hydroxylamine groups is 4. The fraction of sp³-hybridized carbons (Fsp3) is 0.333. The Balaban J connectivity index is 3.05. The van der Waals surface area contributed by atoms with E-state index in [0.29, 0.717) is 16.7 Å². The number of aliphatic hydroxyl groups is 1. The van der Waals surface area contributed by atoms with Gasteiger partial charge in [-0.1, -0.05) is 0 Å². The Morgan fingerprint density at radius 3 is 2.29 bits per heavy atom. The van der Waals surface area contributed by atoms with Gasteiger partial charge in [0.15, 0.2) is 17.5 Å². The second-order valence-corrected chi connectivity index (χ2v) is 2.60. The van der Waals surface area contributed by atoms with Gasteiger partial charge in [0.05, 0.1) is 0 Å². The van der Waals surface area contributed by atoms with E-state index in [9.17, 15) is 15.5 Å². The lowest BCUT2D eigenvalue weighted by atomic mass is 10.4. The topological polar surface area (TPSA) is 131 Å². The summed E-state index contributed by atoms with van der Waals surface area (Å²) in [7, 11) is 0. The summed E-state index contributed by atoms with van der Waals surface area (Å²) in [5.41, 5.74) is 10.6. The molecule has 0 spiro atoms. The maximum Gasteiger partial charge on any atom is 0.261 e. The monoisotopic (exact) mass is 203 g/mol. The van der Waals surface area contributed by atoms with Gasteiger partial charge in [-0.2, -0.15) is 10.1 Å². The molecule has 8 nitrogen and oxygen atoms in total. The molecule has 0 atom stereocenters. The molecule has 0 saturated carbocycles. The molecule has 0 bridgehead atoms. The minimum Gasteiger partial charge on any atom is -0.490 e. The first-order valence-electron chi connectivity index (χ1n) is 3.91. The zero-order valence-electron chi connectivity index (χ0n) is 7.60. The minimum absolute atomic E-state index is 0.0401. The van der Waals surface area contributed by atoms with Gasteiger partial charge < -0.3 is 21.9 Å². The lowest BCUT2D eigenvalue weighted by Crippen LogP contribution is -2.44. The van der Waals surface area contributed by atoms with Gasteiger partial charge in [0.25, 0.3) is 5.88 Å². The van der Waals surface area contributed by atoms with Crippen molar-refractivity contribution in [1.82, 2.24) is 15.4 Å². The molecule has 0 aromatic carbocycles. The third-order valence-corrected chi connectivity index (χ3v) is 1.68. The van der Waals surface area contributed by atoms with Crippen LogP contribution in [0.2, 0.25) is 0 Å². The highest BCUT2D eigenvalue weighted by molar-refractivity contribution is 5.20. The molecule has 14 heavy (non-hydrogen) atoms. The van der Waals surface area contributed by atoms with Crippen LogP contribution < -0.4 is 16.8 Å². The van der Waals surface area contributed by atoms with Crippen LogP contribution in [0.15, 0.2) is 23.3 Å². The van der Waals surface area contributed by atoms with Gasteiger partial charge in [0, 0.05) is 6.54 Å². The summed E-state index contributed by atoms with van der Waals surface area (Å²) in [6, 6.07) is 0. The Morgan fingerprint density at radius 2 is 1.79 bits per heavy atom. The molecular formula is C6H13N5O3. The van der Waals surface area contributed by atoms with Gasteiger partial charge in [-0.05, 0) is 6.92 Å². The van der Waals surface area contributed by atoms with E-state index in [2.05, 4.69) is 5.32 Å². The highest BCUT2D eigenvalue weighted by Gasteiger charge is 2.29. The molecule has 80 valence electrons. The summed E-state index contributed by atoms with van der Waals surface area (Å²) in [6.07, 6.45) is 0. The van der Waals surface area contributed by atoms with Crippen molar-refractivity contribution in [3.63, 3.8) is 0 Å². The van der Waals surface area contributed by atoms with Crippen LogP contribution in [0, 0.1) is 0 Å². The average molecular weight is 203 g/mol. The Hall–Kier alpha value is -1.80. The smallest absolute Gasteiger partial charge is 0.261 e. The zero-order chi connectivity index (χ0) is 10.9. The van der Waals surface area contributed by atoms with Crippen molar-refractivity contribution in [3.05, 3.63) is 23.3 Å². The number of aliphatic hydroxyl groups excluding tert-OH is 1. The largest absolute Gasteiger partial charge is 0.490 e. The molecule has 1 aliphatic rings. The molecule has 0 aromatic rings. The van der Waals surface area contributed by atoms with E-state index in [0.717, 1.165) is 0 Å². The predicted octanol–water partition coefficient (Wildman–Crippen LogP) is -1.28. The molecule has 1 aliphatic heterocycles. The molecule has 0 unspecified atom stereocenters. The first-order valence-corrected chi connectivity index (χ1v) is 3.91. The minimum atomic E-state index is -0.697. The summed E-state index contributed by atoms with van der Waals surface area (Å²) < 4.78 is 0. The van der Waals surface area contributed by atoms with Crippen LogP contribution in [0.1, 0.15) is 6.92 Å². The summed E-state index contributed by atoms with van der Waals surface area (Å²) in [6.45, 7) is 2.21. The van der Waals surface area contributed by atoms with Crippen LogP contribution in [0.5, 0.6) is 0 Å². The quantitative estimate of drug-likeness (QED) is 0.327. The summed E-state index contributed by atoms with van der Waals surface area (Å²) >= 11 is 0. The molecule has 0 amide bonds. The van der Waals surface area contributed by atoms with Gasteiger partial charge in [-0.3, -0.25) is 10.4 Å². The molecule has 0 radical (unpaired) electrons. The summed E-state index contributed by atoms with van der Waals surface area (Å²) in [4.78, 5) is 0. The van der Waals surface area contributed by atoms with E-state index in [1.54, 1.807) is 6.92 Å². The van der Waals surface area contributed by atoms with E-state index in [4.69, 9.17) is 11.5 Å². The number of nitrogens with zero attached hydrogens (tertiary/aromatic N) is 2. The fourth-order valence-corrected chi connectivity index (χ4v) is 0.981. The van der Waals surface area contributed by atoms with E-state index < -0.39 is 11.7 Å². The Labute approximate surface area is 80.2 Å². The van der Waals surface area contributed by atoms with Crippen molar-refractivity contribution < 1.29 is 15.5 Å². The van der Waals surface area contributed by atoms with Crippen LogP contribution in [0.3, 0.4) is 0 Å². The predicted molar refractivity (Wildman–Crippen MR) is 46.0 cm³/mol. The van der Waals surface area contributed by atoms with Crippen molar-refractivity contribution in [3.8, 4) is 0 Å². The van der Waals surface area contributed by atoms with Gasteiger partial charge >= 0.3 is 0 Å². The van der Waals surface area contributed by atoms with Crippen molar-refractivity contribution in [1.29, 1.82) is 0 Å². The number of nitrogens with two attached hydrogens (primary N) is 2. The van der Waals surface area contributed by atoms with Crippen molar-refractivity contribution >= 4 is 0 Å². The average Bonchev–Trinajstić information content (AvgIpc) is 2.19. The van der Waals surface area contributed by atoms with Gasteiger partial charge in [0.1, 0.15) is 0 Å². The molecule has 0 saturated heterocycles. The molecule has 8 heteroatoms. The molecule has 1 rings (SSSR count). The zero-order valence-corrected chi connectivity index (χ0v) is 7.60. The number of rotatable bonds is 2. The summed E-state index contributed by atoms with van der Waals surface area (Å²) in [5.74, 6) is -1.39. The van der Waals surface area contributed by atoms with Crippen LogP contribution >= 0.6 is 0 Å². The lowest BCUT2D eigenvalue weighted by Gasteiger charge is -2.31. The summed E-state index contributed by atoms with van der Waals surface area (Å²) in [5, 5.41) is 31.2. The van der Waals surface area contributed by atoms with Crippen LogP contribution in [0.4, 0.5) is 0 Å². The number of nitrogens with one attached hydrogen (secondary N) is 1. The van der Waals surface area contributed by atoms with E-state index >= 15 is 0 Å². The maximum absolute atomic E-state index is 9.33. The standard InChI is InChI=1S/C6H13N5O3/c1-2-9-5-3(7)10(13)4(8)6(12)11(5)14/h9,12-14H,2,7-8H2,1H3. The Morgan fingerprint density at radius 1 is 1.21 bits per heavy atom. The van der Waals surface area contributed by atoms with E-state index in [1.165, 1.54) is 0 Å². The third kappa shape index (κ3) is 1.36. The third-order valence-electron chi connectivity index (χ3n) is 1.68. The molecule has 8 N–H and O–H groups in total. The highest BCUT2D eigenvalue weighted by atomic mass is 16.5. The van der Waals surface area contributed by atoms with E-state index in [1.807, 2.05) is 0 Å². The second kappa shape index (κ2) is 3.52. The maximum atomic E-state index is 9.33. The fourth-order valence-electron chi connectivity index (χ4n) is 0.981. The Bertz CT molecular complexity index is 300. The number of hydrogen-bond acceptors (Lipinski definition) is 8. The SMILES string of the molecule is CCNC1=C(N)N(O)C(N)=C(O)N1O. The molecule has 0 aliphatic carbocycles. The molecule has 1 heterocycles. The van der Waals surface area contributed by atoms with Gasteiger partial charge in [-0.25, -0.2) is 0 Å². The molecular weight excluding hydrogens is 190 g/mol. The lowest BCUT2D eigenvalue weighted by molar-refractivity contribution is -0.111. The van der Waals surface area contributed by atoms with Crippen molar-refractivity contribution in [2.45, 2.75) is 6.92 Å². The first kappa shape index (κ1) is 10.3. The van der Waals surface area contributed by atoms with Gasteiger partial charge in [0.2, 0.25) is 0 Å². The molecule has 0 aromatic heterocycles. The van der Waals surface area contributed by atoms with E-state index in [-0.39, 0.29) is 11.6 Å². The number of hydrogen-bond donors (Lipinski definition) is 6. The normalized spacial score (nSPS) is 17.9. The van der Waals surface area contributed by atoms with Crippen molar-refractivity contribution in [2.75, 3.05) is 6.54 Å². The van der Waals surface area contributed by atoms with Gasteiger partial charge in [-0.15, -0.1) is 0 Å². The second-order valence-electron chi connectivity index (χ2n) is 2.60. The Kier molecular flexibility index (Phi) is 2.58.